The number of alkyl halides is 1. The number of nitrogens with one attached hydrogen (secondary N) is 2. The Morgan fingerprint density at radius 3 is 2.74 bits per heavy atom. The van der Waals surface area contributed by atoms with E-state index in [1.54, 1.807) is 17.8 Å². The van der Waals surface area contributed by atoms with Crippen LogP contribution in [0.25, 0.3) is 11.0 Å². The van der Waals surface area contributed by atoms with Crippen molar-refractivity contribution in [2.24, 2.45) is 12.8 Å². The molecule has 27 heavy (non-hydrogen) atoms. The first-order valence-electron chi connectivity index (χ1n) is 9.11. The molecule has 1 atom stereocenters. The van der Waals surface area contributed by atoms with Gasteiger partial charge in [0.2, 0.25) is 5.95 Å². The number of nitrogens with two attached hydrogens (primary N) is 1. The van der Waals surface area contributed by atoms with E-state index < -0.39 is 5.67 Å². The predicted octanol–water partition coefficient (Wildman–Crippen LogP) is 2.78. The summed E-state index contributed by atoms with van der Waals surface area (Å²) in [6, 6.07) is 9.78. The SMILES string of the molecule is Cn1ncc2c(NC3CC(C)(F)C3)nc(NC[C@H](N)c3ccccc3)nc21. The summed E-state index contributed by atoms with van der Waals surface area (Å²) < 4.78 is 15.5. The average molecular weight is 369 g/mol. The first-order chi connectivity index (χ1) is 12.9. The average Bonchev–Trinajstić information content (AvgIpc) is 3.00. The fraction of sp³-hybridized carbons (Fsp3) is 0.421. The van der Waals surface area contributed by atoms with E-state index in [1.807, 2.05) is 37.4 Å². The minimum Gasteiger partial charge on any atom is -0.366 e. The van der Waals surface area contributed by atoms with Crippen molar-refractivity contribution in [2.45, 2.75) is 37.5 Å². The van der Waals surface area contributed by atoms with Crippen molar-refractivity contribution in [2.75, 3.05) is 17.2 Å². The molecule has 0 spiro atoms. The van der Waals surface area contributed by atoms with Crippen LogP contribution in [0.2, 0.25) is 0 Å². The predicted molar refractivity (Wildman–Crippen MR) is 104 cm³/mol. The third kappa shape index (κ3) is 3.71. The molecule has 1 aliphatic carbocycles. The lowest BCUT2D eigenvalue weighted by molar-refractivity contribution is 0.0722. The van der Waals surface area contributed by atoms with Crippen molar-refractivity contribution in [3.05, 3.63) is 42.1 Å². The zero-order chi connectivity index (χ0) is 19.0. The van der Waals surface area contributed by atoms with Crippen LogP contribution in [0.15, 0.2) is 36.5 Å². The van der Waals surface area contributed by atoms with Crippen molar-refractivity contribution in [3.8, 4) is 0 Å². The highest BCUT2D eigenvalue weighted by Gasteiger charge is 2.40. The van der Waals surface area contributed by atoms with Crippen molar-refractivity contribution in [1.29, 1.82) is 0 Å². The van der Waals surface area contributed by atoms with E-state index in [-0.39, 0.29) is 12.1 Å². The monoisotopic (exact) mass is 369 g/mol. The van der Waals surface area contributed by atoms with Gasteiger partial charge in [-0.05, 0) is 12.5 Å². The van der Waals surface area contributed by atoms with Crippen molar-refractivity contribution < 1.29 is 4.39 Å². The van der Waals surface area contributed by atoms with E-state index in [4.69, 9.17) is 5.73 Å². The Labute approximate surface area is 157 Å². The van der Waals surface area contributed by atoms with Crippen LogP contribution in [0.1, 0.15) is 31.4 Å². The van der Waals surface area contributed by atoms with Crippen LogP contribution in [0.3, 0.4) is 0 Å². The smallest absolute Gasteiger partial charge is 0.226 e. The maximum Gasteiger partial charge on any atom is 0.226 e. The molecule has 3 aromatic rings. The summed E-state index contributed by atoms with van der Waals surface area (Å²) >= 11 is 0. The Morgan fingerprint density at radius 2 is 2.04 bits per heavy atom. The van der Waals surface area contributed by atoms with E-state index in [2.05, 4.69) is 25.7 Å². The number of aromatic nitrogens is 4. The molecule has 1 saturated carbocycles. The Balaban J connectivity index is 1.53. The van der Waals surface area contributed by atoms with Gasteiger partial charge in [-0.15, -0.1) is 0 Å². The molecule has 0 bridgehead atoms. The summed E-state index contributed by atoms with van der Waals surface area (Å²) in [5.41, 5.74) is 6.91. The molecule has 4 rings (SSSR count). The molecule has 0 unspecified atom stereocenters. The van der Waals surface area contributed by atoms with Gasteiger partial charge < -0.3 is 16.4 Å². The second kappa shape index (κ2) is 6.77. The van der Waals surface area contributed by atoms with Crippen LogP contribution in [0.4, 0.5) is 16.2 Å². The van der Waals surface area contributed by atoms with Gasteiger partial charge in [-0.3, -0.25) is 4.68 Å². The highest BCUT2D eigenvalue weighted by atomic mass is 19.1. The molecule has 0 aliphatic heterocycles. The number of nitrogens with zero attached hydrogens (tertiary/aromatic N) is 4. The minimum atomic E-state index is -1.09. The number of hydrogen-bond acceptors (Lipinski definition) is 6. The van der Waals surface area contributed by atoms with E-state index in [0.29, 0.717) is 36.8 Å². The summed E-state index contributed by atoms with van der Waals surface area (Å²) in [6.45, 7) is 2.13. The van der Waals surface area contributed by atoms with Gasteiger partial charge in [0.15, 0.2) is 5.65 Å². The summed E-state index contributed by atoms with van der Waals surface area (Å²) in [4.78, 5) is 9.13. The van der Waals surface area contributed by atoms with Gasteiger partial charge in [-0.25, -0.2) is 4.39 Å². The molecule has 1 aliphatic rings. The summed E-state index contributed by atoms with van der Waals surface area (Å²) in [7, 11) is 1.83. The molecule has 142 valence electrons. The van der Waals surface area contributed by atoms with Gasteiger partial charge in [0.1, 0.15) is 11.5 Å². The normalized spacial score (nSPS) is 23.0. The van der Waals surface area contributed by atoms with Gasteiger partial charge in [0.05, 0.1) is 11.6 Å². The first-order valence-corrected chi connectivity index (χ1v) is 9.11. The quantitative estimate of drug-likeness (QED) is 0.619. The second-order valence-corrected chi connectivity index (χ2v) is 7.46. The molecule has 7 nitrogen and oxygen atoms in total. The topological polar surface area (TPSA) is 93.7 Å². The van der Waals surface area contributed by atoms with E-state index in [9.17, 15) is 4.39 Å². The molecule has 1 fully saturated rings. The molecule has 2 aromatic heterocycles. The number of fused-ring (bicyclic) bond motifs is 1. The van der Waals surface area contributed by atoms with Crippen LogP contribution in [-0.2, 0) is 7.05 Å². The fourth-order valence-corrected chi connectivity index (χ4v) is 3.49. The Morgan fingerprint density at radius 1 is 1.30 bits per heavy atom. The Bertz CT molecular complexity index is 930. The third-order valence-corrected chi connectivity index (χ3v) is 4.98. The Kier molecular flexibility index (Phi) is 4.43. The fourth-order valence-electron chi connectivity index (χ4n) is 3.49. The van der Waals surface area contributed by atoms with Crippen molar-refractivity contribution in [1.82, 2.24) is 19.7 Å². The number of aryl methyl sites for hydroxylation is 1. The maximum absolute atomic E-state index is 13.8. The highest BCUT2D eigenvalue weighted by Crippen LogP contribution is 2.38. The van der Waals surface area contributed by atoms with Crippen LogP contribution in [-0.4, -0.2) is 38.0 Å². The first kappa shape index (κ1) is 17.7. The molecule has 8 heteroatoms. The van der Waals surface area contributed by atoms with Crippen LogP contribution >= 0.6 is 0 Å². The van der Waals surface area contributed by atoms with E-state index >= 15 is 0 Å². The second-order valence-electron chi connectivity index (χ2n) is 7.46. The summed E-state index contributed by atoms with van der Waals surface area (Å²) in [5, 5.41) is 11.6. The number of hydrogen-bond donors (Lipinski definition) is 3. The molecular weight excluding hydrogens is 345 g/mol. The molecule has 0 radical (unpaired) electrons. The Hall–Kier alpha value is -2.74. The molecule has 4 N–H and O–H groups in total. The minimum absolute atomic E-state index is 0.0673. The number of halogens is 1. The highest BCUT2D eigenvalue weighted by molar-refractivity contribution is 5.87. The van der Waals surface area contributed by atoms with Gasteiger partial charge in [-0.2, -0.15) is 15.1 Å². The van der Waals surface area contributed by atoms with Crippen LogP contribution in [0, 0.1) is 0 Å². The molecule has 0 saturated heterocycles. The van der Waals surface area contributed by atoms with Crippen LogP contribution in [0.5, 0.6) is 0 Å². The van der Waals surface area contributed by atoms with Gasteiger partial charge in [0.25, 0.3) is 0 Å². The van der Waals surface area contributed by atoms with E-state index in [1.165, 1.54) is 0 Å². The number of benzene rings is 1. The van der Waals surface area contributed by atoms with Crippen LogP contribution < -0.4 is 16.4 Å². The molecular formula is C19H24FN7. The maximum atomic E-state index is 13.8. The lowest BCUT2D eigenvalue weighted by Gasteiger charge is -2.39. The number of anilines is 2. The standard InChI is InChI=1S/C19H24FN7/c1-19(20)8-13(9-19)24-16-14-10-23-27(2)17(14)26-18(25-16)22-11-15(21)12-6-4-3-5-7-12/h3-7,10,13,15H,8-9,11,21H2,1-2H3,(H2,22,24,25,26)/t13?,15-,19?/m0/s1. The third-order valence-electron chi connectivity index (χ3n) is 4.98. The van der Waals surface area contributed by atoms with Gasteiger partial charge in [0, 0.05) is 38.5 Å². The van der Waals surface area contributed by atoms with Crippen molar-refractivity contribution >= 4 is 22.8 Å². The zero-order valence-corrected chi connectivity index (χ0v) is 15.5. The van der Waals surface area contributed by atoms with Gasteiger partial charge in [-0.1, -0.05) is 30.3 Å². The molecule has 1 aromatic carbocycles. The number of rotatable bonds is 6. The zero-order valence-electron chi connectivity index (χ0n) is 15.5. The molecule has 0 amide bonds. The van der Waals surface area contributed by atoms with Crippen molar-refractivity contribution in [3.63, 3.8) is 0 Å². The molecule has 2 heterocycles. The van der Waals surface area contributed by atoms with E-state index in [0.717, 1.165) is 10.9 Å². The summed E-state index contributed by atoms with van der Waals surface area (Å²) in [6.07, 6.45) is 2.67. The lowest BCUT2D eigenvalue weighted by Crippen LogP contribution is -2.45. The summed E-state index contributed by atoms with van der Waals surface area (Å²) in [5.74, 6) is 1.15. The lowest BCUT2D eigenvalue weighted by atomic mass is 9.79. The largest absolute Gasteiger partial charge is 0.366 e. The van der Waals surface area contributed by atoms with Gasteiger partial charge >= 0.3 is 0 Å².